The van der Waals surface area contributed by atoms with Gasteiger partial charge in [0.15, 0.2) is 0 Å². The fraction of sp³-hybridized carbons (Fsp3) is 0.111. The van der Waals surface area contributed by atoms with Gasteiger partial charge in [-0.05, 0) is 11.6 Å². The minimum Gasteiger partial charge on any atom is -0.326 e. The molecule has 5 heteroatoms. The van der Waals surface area contributed by atoms with E-state index in [0.717, 1.165) is 0 Å². The van der Waals surface area contributed by atoms with Crippen molar-refractivity contribution in [3.05, 3.63) is 42.2 Å². The van der Waals surface area contributed by atoms with Crippen LogP contribution in [-0.2, 0) is 6.54 Å². The summed E-state index contributed by atoms with van der Waals surface area (Å²) in [5.74, 6) is -0.349. The first kappa shape index (κ1) is 8.83. The zero-order valence-electron chi connectivity index (χ0n) is 7.39. The largest absolute Gasteiger partial charge is 0.326 e. The molecule has 0 fully saturated rings. The molecule has 0 atom stereocenters. The van der Waals surface area contributed by atoms with E-state index in [0.29, 0.717) is 11.3 Å². The van der Waals surface area contributed by atoms with E-state index in [1.807, 2.05) is 0 Å². The van der Waals surface area contributed by atoms with Gasteiger partial charge in [0.1, 0.15) is 24.2 Å². The maximum Gasteiger partial charge on any atom is 0.149 e. The van der Waals surface area contributed by atoms with Crippen LogP contribution in [0.2, 0.25) is 0 Å². The molecule has 14 heavy (non-hydrogen) atoms. The van der Waals surface area contributed by atoms with Gasteiger partial charge in [0, 0.05) is 6.54 Å². The third-order valence-electron chi connectivity index (χ3n) is 1.94. The van der Waals surface area contributed by atoms with Crippen LogP contribution in [0.3, 0.4) is 0 Å². The molecular weight excluding hydrogens is 183 g/mol. The Morgan fingerprint density at radius 3 is 2.93 bits per heavy atom. The molecule has 0 amide bonds. The molecule has 0 radical (unpaired) electrons. The molecule has 1 aromatic heterocycles. The Balaban J connectivity index is 2.61. The fourth-order valence-electron chi connectivity index (χ4n) is 1.30. The molecule has 2 aromatic rings. The summed E-state index contributed by atoms with van der Waals surface area (Å²) in [7, 11) is 0. The lowest BCUT2D eigenvalue weighted by molar-refractivity contribution is 0.607. The Bertz CT molecular complexity index is 424. The van der Waals surface area contributed by atoms with E-state index in [4.69, 9.17) is 5.73 Å². The summed E-state index contributed by atoms with van der Waals surface area (Å²) in [6.07, 6.45) is 2.80. The number of halogens is 1. The summed E-state index contributed by atoms with van der Waals surface area (Å²) in [5, 5.41) is 3.87. The first-order valence-corrected chi connectivity index (χ1v) is 4.15. The van der Waals surface area contributed by atoms with Gasteiger partial charge in [-0.3, -0.25) is 0 Å². The Kier molecular flexibility index (Phi) is 2.24. The predicted octanol–water partition coefficient (Wildman–Crippen LogP) is 0.865. The highest BCUT2D eigenvalue weighted by Crippen LogP contribution is 2.16. The van der Waals surface area contributed by atoms with Crippen molar-refractivity contribution in [3.8, 4) is 5.69 Å². The average Bonchev–Trinajstić information content (AvgIpc) is 2.70. The summed E-state index contributed by atoms with van der Waals surface area (Å²) in [4.78, 5) is 3.76. The quantitative estimate of drug-likeness (QED) is 0.767. The number of aromatic nitrogens is 3. The number of nitrogens with two attached hydrogens (primary N) is 1. The second kappa shape index (κ2) is 3.55. The molecule has 0 saturated carbocycles. The zero-order chi connectivity index (χ0) is 9.97. The van der Waals surface area contributed by atoms with Crippen molar-refractivity contribution in [1.29, 1.82) is 0 Å². The minimum absolute atomic E-state index is 0.271. The number of para-hydroxylation sites is 1. The van der Waals surface area contributed by atoms with Crippen LogP contribution < -0.4 is 5.73 Å². The molecule has 2 N–H and O–H groups in total. The maximum atomic E-state index is 13.5. The topological polar surface area (TPSA) is 56.7 Å². The first-order chi connectivity index (χ1) is 6.83. The van der Waals surface area contributed by atoms with Crippen molar-refractivity contribution < 1.29 is 4.39 Å². The van der Waals surface area contributed by atoms with E-state index in [1.54, 1.807) is 12.1 Å². The van der Waals surface area contributed by atoms with E-state index in [9.17, 15) is 4.39 Å². The number of benzene rings is 1. The summed E-state index contributed by atoms with van der Waals surface area (Å²) >= 11 is 0. The second-order valence-corrected chi connectivity index (χ2v) is 2.79. The zero-order valence-corrected chi connectivity index (χ0v) is 7.39. The standard InChI is InChI=1S/C9H9FN4/c10-8-3-1-2-7(4-11)9(8)14-6-12-5-13-14/h1-3,5-6H,4,11H2. The fourth-order valence-corrected chi connectivity index (χ4v) is 1.30. The van der Waals surface area contributed by atoms with Crippen molar-refractivity contribution in [2.24, 2.45) is 5.73 Å². The van der Waals surface area contributed by atoms with E-state index in [2.05, 4.69) is 10.1 Å². The van der Waals surface area contributed by atoms with Gasteiger partial charge in [-0.1, -0.05) is 12.1 Å². The molecule has 1 aromatic carbocycles. The number of rotatable bonds is 2. The van der Waals surface area contributed by atoms with Gasteiger partial charge in [0.2, 0.25) is 0 Å². The van der Waals surface area contributed by atoms with E-state index < -0.39 is 0 Å². The molecule has 72 valence electrons. The lowest BCUT2D eigenvalue weighted by atomic mass is 10.1. The summed E-state index contributed by atoms with van der Waals surface area (Å²) in [6.45, 7) is 0.271. The van der Waals surface area contributed by atoms with Crippen LogP contribution in [0.5, 0.6) is 0 Å². The van der Waals surface area contributed by atoms with Crippen LogP contribution in [0, 0.1) is 5.82 Å². The van der Waals surface area contributed by atoms with Gasteiger partial charge in [0.05, 0.1) is 0 Å². The van der Waals surface area contributed by atoms with Gasteiger partial charge in [-0.2, -0.15) is 5.10 Å². The van der Waals surface area contributed by atoms with Gasteiger partial charge in [-0.15, -0.1) is 0 Å². The summed E-state index contributed by atoms with van der Waals surface area (Å²) in [5.41, 5.74) is 6.57. The molecular formula is C9H9FN4. The van der Waals surface area contributed by atoms with E-state index in [1.165, 1.54) is 23.4 Å². The van der Waals surface area contributed by atoms with Crippen molar-refractivity contribution in [3.63, 3.8) is 0 Å². The third-order valence-corrected chi connectivity index (χ3v) is 1.94. The monoisotopic (exact) mass is 192 g/mol. The van der Waals surface area contributed by atoms with Crippen LogP contribution in [-0.4, -0.2) is 14.8 Å². The van der Waals surface area contributed by atoms with Gasteiger partial charge in [0.25, 0.3) is 0 Å². The minimum atomic E-state index is -0.349. The first-order valence-electron chi connectivity index (χ1n) is 4.15. The lowest BCUT2D eigenvalue weighted by Gasteiger charge is -2.07. The number of hydrogen-bond donors (Lipinski definition) is 1. The average molecular weight is 192 g/mol. The molecule has 0 bridgehead atoms. The SMILES string of the molecule is NCc1cccc(F)c1-n1cncn1. The lowest BCUT2D eigenvalue weighted by Crippen LogP contribution is -2.07. The van der Waals surface area contributed by atoms with Crippen LogP contribution in [0.15, 0.2) is 30.9 Å². The van der Waals surface area contributed by atoms with Crippen molar-refractivity contribution in [2.45, 2.75) is 6.54 Å². The molecule has 1 heterocycles. The molecule has 0 aliphatic heterocycles. The predicted molar refractivity (Wildman–Crippen MR) is 49.2 cm³/mol. The normalized spacial score (nSPS) is 10.4. The Labute approximate surface area is 80.2 Å². The Morgan fingerprint density at radius 2 is 2.29 bits per heavy atom. The third kappa shape index (κ3) is 1.38. The molecule has 0 unspecified atom stereocenters. The van der Waals surface area contributed by atoms with Crippen molar-refractivity contribution in [2.75, 3.05) is 0 Å². The van der Waals surface area contributed by atoms with Crippen LogP contribution >= 0.6 is 0 Å². The molecule has 2 rings (SSSR count). The van der Waals surface area contributed by atoms with Gasteiger partial charge >= 0.3 is 0 Å². The molecule has 0 aliphatic rings. The molecule has 0 saturated heterocycles. The van der Waals surface area contributed by atoms with Gasteiger partial charge < -0.3 is 5.73 Å². The summed E-state index contributed by atoms with van der Waals surface area (Å²) < 4.78 is 14.8. The highest BCUT2D eigenvalue weighted by atomic mass is 19.1. The highest BCUT2D eigenvalue weighted by molar-refractivity contribution is 5.41. The highest BCUT2D eigenvalue weighted by Gasteiger charge is 2.09. The van der Waals surface area contributed by atoms with E-state index >= 15 is 0 Å². The Morgan fingerprint density at radius 1 is 1.43 bits per heavy atom. The Hall–Kier alpha value is -1.75. The van der Waals surface area contributed by atoms with Gasteiger partial charge in [-0.25, -0.2) is 14.1 Å². The van der Waals surface area contributed by atoms with Crippen LogP contribution in [0.1, 0.15) is 5.56 Å². The number of nitrogens with zero attached hydrogens (tertiary/aromatic N) is 3. The second-order valence-electron chi connectivity index (χ2n) is 2.79. The van der Waals surface area contributed by atoms with Crippen molar-refractivity contribution in [1.82, 2.24) is 14.8 Å². The van der Waals surface area contributed by atoms with Crippen LogP contribution in [0.4, 0.5) is 4.39 Å². The molecule has 4 nitrogen and oxygen atoms in total. The van der Waals surface area contributed by atoms with Crippen LogP contribution in [0.25, 0.3) is 5.69 Å². The summed E-state index contributed by atoms with van der Waals surface area (Å²) in [6, 6.07) is 4.76. The maximum absolute atomic E-state index is 13.5. The molecule has 0 spiro atoms. The molecule has 0 aliphatic carbocycles. The smallest absolute Gasteiger partial charge is 0.149 e. The number of hydrogen-bond acceptors (Lipinski definition) is 3. The van der Waals surface area contributed by atoms with E-state index in [-0.39, 0.29) is 12.4 Å². The van der Waals surface area contributed by atoms with Crippen molar-refractivity contribution >= 4 is 0 Å².